The highest BCUT2D eigenvalue weighted by atomic mass is 16.5. The van der Waals surface area contributed by atoms with Gasteiger partial charge in [-0.05, 0) is 19.1 Å². The van der Waals surface area contributed by atoms with Crippen LogP contribution in [-0.4, -0.2) is 16.9 Å². The zero-order chi connectivity index (χ0) is 13.1. The summed E-state index contributed by atoms with van der Waals surface area (Å²) in [7, 11) is 3.56. The Balaban J connectivity index is 2.48. The van der Waals surface area contributed by atoms with Crippen molar-refractivity contribution in [3.8, 4) is 5.75 Å². The van der Waals surface area contributed by atoms with Crippen molar-refractivity contribution in [2.75, 3.05) is 7.11 Å². The maximum Gasteiger partial charge on any atom is 0.124 e. The predicted molar refractivity (Wildman–Crippen MR) is 70.1 cm³/mol. The minimum atomic E-state index is -0.146. The van der Waals surface area contributed by atoms with E-state index in [9.17, 15) is 0 Å². The van der Waals surface area contributed by atoms with Gasteiger partial charge >= 0.3 is 0 Å². The van der Waals surface area contributed by atoms with Gasteiger partial charge in [0.15, 0.2) is 0 Å². The number of hydrazine groups is 1. The second-order valence-corrected chi connectivity index (χ2v) is 4.18. The van der Waals surface area contributed by atoms with Crippen molar-refractivity contribution >= 4 is 0 Å². The molecule has 0 aliphatic rings. The molecular weight excluding hydrogens is 228 g/mol. The Morgan fingerprint density at radius 1 is 1.39 bits per heavy atom. The maximum absolute atomic E-state index is 5.69. The molecule has 1 aromatic carbocycles. The van der Waals surface area contributed by atoms with Crippen molar-refractivity contribution in [3.05, 3.63) is 47.3 Å². The number of para-hydroxylation sites is 1. The summed E-state index contributed by atoms with van der Waals surface area (Å²) in [5.41, 5.74) is 5.77. The molecule has 5 nitrogen and oxygen atoms in total. The second kappa shape index (κ2) is 5.20. The highest BCUT2D eigenvalue weighted by molar-refractivity contribution is 5.40. The Morgan fingerprint density at radius 2 is 2.11 bits per heavy atom. The molecule has 1 unspecified atom stereocenters. The molecule has 18 heavy (non-hydrogen) atoms. The number of aromatic nitrogens is 2. The Morgan fingerprint density at radius 3 is 2.67 bits per heavy atom. The van der Waals surface area contributed by atoms with Crippen LogP contribution in [0.1, 0.15) is 23.0 Å². The third-order valence-corrected chi connectivity index (χ3v) is 2.95. The molecule has 0 amide bonds. The van der Waals surface area contributed by atoms with Crippen molar-refractivity contribution in [1.29, 1.82) is 0 Å². The number of hydrogen-bond donors (Lipinski definition) is 2. The van der Waals surface area contributed by atoms with Gasteiger partial charge in [-0.1, -0.05) is 18.2 Å². The minimum absolute atomic E-state index is 0.146. The number of ether oxygens (including phenoxy) is 1. The molecule has 0 fully saturated rings. The van der Waals surface area contributed by atoms with Crippen LogP contribution < -0.4 is 16.0 Å². The van der Waals surface area contributed by atoms with Crippen molar-refractivity contribution in [3.63, 3.8) is 0 Å². The first kappa shape index (κ1) is 12.6. The monoisotopic (exact) mass is 246 g/mol. The van der Waals surface area contributed by atoms with E-state index in [2.05, 4.69) is 10.5 Å². The molecule has 0 aliphatic carbocycles. The highest BCUT2D eigenvalue weighted by Gasteiger charge is 2.20. The fraction of sp³-hybridized carbons (Fsp3) is 0.308. The van der Waals surface area contributed by atoms with Crippen LogP contribution in [0.15, 0.2) is 30.3 Å². The van der Waals surface area contributed by atoms with Crippen LogP contribution in [0.25, 0.3) is 0 Å². The summed E-state index contributed by atoms with van der Waals surface area (Å²) in [5, 5.41) is 4.34. The van der Waals surface area contributed by atoms with Crippen LogP contribution in [0, 0.1) is 6.92 Å². The number of nitrogens with two attached hydrogens (primary N) is 1. The summed E-state index contributed by atoms with van der Waals surface area (Å²) >= 11 is 0. The smallest absolute Gasteiger partial charge is 0.124 e. The molecule has 2 aromatic rings. The zero-order valence-electron chi connectivity index (χ0n) is 10.8. The molecule has 3 N–H and O–H groups in total. The first-order valence-electron chi connectivity index (χ1n) is 5.77. The van der Waals surface area contributed by atoms with E-state index in [0.29, 0.717) is 0 Å². The molecule has 5 heteroatoms. The van der Waals surface area contributed by atoms with Gasteiger partial charge in [0.05, 0.1) is 24.5 Å². The van der Waals surface area contributed by atoms with E-state index < -0.39 is 0 Å². The lowest BCUT2D eigenvalue weighted by Crippen LogP contribution is -2.30. The van der Waals surface area contributed by atoms with Gasteiger partial charge in [0.25, 0.3) is 0 Å². The van der Waals surface area contributed by atoms with Crippen LogP contribution in [0.4, 0.5) is 0 Å². The van der Waals surface area contributed by atoms with Gasteiger partial charge in [0, 0.05) is 12.6 Å². The quantitative estimate of drug-likeness (QED) is 0.630. The normalized spacial score (nSPS) is 12.4. The van der Waals surface area contributed by atoms with Crippen LogP contribution in [0.3, 0.4) is 0 Å². The van der Waals surface area contributed by atoms with E-state index in [1.165, 1.54) is 0 Å². The average molecular weight is 246 g/mol. The SMILES string of the molecule is COc1ccccc1C(NN)c1cc(C)nn1C. The average Bonchev–Trinajstić information content (AvgIpc) is 2.70. The molecule has 96 valence electrons. The van der Waals surface area contributed by atoms with Crippen molar-refractivity contribution in [2.24, 2.45) is 12.9 Å². The third kappa shape index (κ3) is 2.23. The molecule has 1 aromatic heterocycles. The molecular formula is C13H18N4O. The van der Waals surface area contributed by atoms with E-state index in [4.69, 9.17) is 10.6 Å². The number of benzene rings is 1. The fourth-order valence-electron chi connectivity index (χ4n) is 2.14. The van der Waals surface area contributed by atoms with E-state index in [1.54, 1.807) is 7.11 Å². The Kier molecular flexibility index (Phi) is 3.64. The van der Waals surface area contributed by atoms with E-state index in [1.807, 2.05) is 49.0 Å². The number of methoxy groups -OCH3 is 1. The van der Waals surface area contributed by atoms with Crippen molar-refractivity contribution in [1.82, 2.24) is 15.2 Å². The fourth-order valence-corrected chi connectivity index (χ4v) is 2.14. The molecule has 0 bridgehead atoms. The first-order chi connectivity index (χ1) is 8.67. The Bertz CT molecular complexity index is 536. The minimum Gasteiger partial charge on any atom is -0.496 e. The molecule has 0 saturated carbocycles. The topological polar surface area (TPSA) is 65.1 Å². The van der Waals surface area contributed by atoms with Gasteiger partial charge in [-0.25, -0.2) is 5.43 Å². The lowest BCUT2D eigenvalue weighted by molar-refractivity contribution is 0.402. The first-order valence-corrected chi connectivity index (χ1v) is 5.77. The highest BCUT2D eigenvalue weighted by Crippen LogP contribution is 2.29. The van der Waals surface area contributed by atoms with Crippen LogP contribution in [0.2, 0.25) is 0 Å². The van der Waals surface area contributed by atoms with Crippen molar-refractivity contribution in [2.45, 2.75) is 13.0 Å². The summed E-state index contributed by atoms with van der Waals surface area (Å²) in [6.45, 7) is 1.96. The molecule has 0 radical (unpaired) electrons. The number of hydrogen-bond acceptors (Lipinski definition) is 4. The molecule has 2 rings (SSSR count). The van der Waals surface area contributed by atoms with Crippen LogP contribution >= 0.6 is 0 Å². The van der Waals surface area contributed by atoms with Crippen LogP contribution in [0.5, 0.6) is 5.75 Å². The summed E-state index contributed by atoms with van der Waals surface area (Å²) < 4.78 is 7.20. The number of rotatable bonds is 4. The predicted octanol–water partition coefficient (Wildman–Crippen LogP) is 1.29. The summed E-state index contributed by atoms with van der Waals surface area (Å²) in [6.07, 6.45) is 0. The Labute approximate surface area is 107 Å². The van der Waals surface area contributed by atoms with Gasteiger partial charge in [-0.2, -0.15) is 5.10 Å². The van der Waals surface area contributed by atoms with E-state index >= 15 is 0 Å². The molecule has 1 heterocycles. The van der Waals surface area contributed by atoms with Gasteiger partial charge in [0.1, 0.15) is 5.75 Å². The number of aryl methyl sites for hydroxylation is 2. The van der Waals surface area contributed by atoms with Gasteiger partial charge in [-0.3, -0.25) is 10.5 Å². The summed E-state index contributed by atoms with van der Waals surface area (Å²) in [5.74, 6) is 6.50. The standard InChI is InChI=1S/C13H18N4O/c1-9-8-11(17(2)16-9)13(15-14)10-6-4-5-7-12(10)18-3/h4-8,13,15H,14H2,1-3H3. The Hall–Kier alpha value is -1.85. The summed E-state index contributed by atoms with van der Waals surface area (Å²) in [6, 6.07) is 9.67. The number of nitrogens with zero attached hydrogens (tertiary/aromatic N) is 2. The van der Waals surface area contributed by atoms with Gasteiger partial charge < -0.3 is 4.74 Å². The van der Waals surface area contributed by atoms with Gasteiger partial charge in [-0.15, -0.1) is 0 Å². The lowest BCUT2D eigenvalue weighted by atomic mass is 10.0. The van der Waals surface area contributed by atoms with E-state index in [0.717, 1.165) is 22.7 Å². The van der Waals surface area contributed by atoms with Crippen LogP contribution in [-0.2, 0) is 7.05 Å². The van der Waals surface area contributed by atoms with Gasteiger partial charge in [0.2, 0.25) is 0 Å². The molecule has 0 aliphatic heterocycles. The summed E-state index contributed by atoms with van der Waals surface area (Å²) in [4.78, 5) is 0. The second-order valence-electron chi connectivity index (χ2n) is 4.18. The van der Waals surface area contributed by atoms with E-state index in [-0.39, 0.29) is 6.04 Å². The molecule has 0 saturated heterocycles. The van der Waals surface area contributed by atoms with Crippen molar-refractivity contribution < 1.29 is 4.74 Å². The zero-order valence-corrected chi connectivity index (χ0v) is 10.8. The largest absolute Gasteiger partial charge is 0.496 e. The molecule has 1 atom stereocenters. The number of nitrogens with one attached hydrogen (secondary N) is 1. The lowest BCUT2D eigenvalue weighted by Gasteiger charge is -2.19. The molecule has 0 spiro atoms. The maximum atomic E-state index is 5.69. The third-order valence-electron chi connectivity index (χ3n) is 2.95.